The van der Waals surface area contributed by atoms with E-state index >= 15 is 0 Å². The Labute approximate surface area is 151 Å². The number of anilines is 1. The number of carbonyl (C=O) groups excluding carboxylic acids is 2. The third-order valence-corrected chi connectivity index (χ3v) is 4.50. The average molecular weight is 361 g/mol. The van der Waals surface area contributed by atoms with Crippen LogP contribution < -0.4 is 10.6 Å². The Hall–Kier alpha value is -2.52. The minimum atomic E-state index is -0.476. The third-order valence-electron chi connectivity index (χ3n) is 4.50. The van der Waals surface area contributed by atoms with Crippen LogP contribution in [0.15, 0.2) is 24.3 Å². The number of carbonyl (C=O) groups is 2. The van der Waals surface area contributed by atoms with E-state index in [1.54, 1.807) is 0 Å². The van der Waals surface area contributed by atoms with Gasteiger partial charge < -0.3 is 10.6 Å². The molecule has 1 aromatic carbocycles. The molecule has 1 heterocycles. The van der Waals surface area contributed by atoms with Crippen molar-refractivity contribution in [2.45, 2.75) is 18.9 Å². The molecular formula is C17H23N5O4. The fourth-order valence-electron chi connectivity index (χ4n) is 2.88. The van der Waals surface area contributed by atoms with Gasteiger partial charge in [0.2, 0.25) is 11.8 Å². The van der Waals surface area contributed by atoms with Gasteiger partial charge in [-0.05, 0) is 25.0 Å². The summed E-state index contributed by atoms with van der Waals surface area (Å²) in [6, 6.07) is 6.15. The molecule has 140 valence electrons. The molecule has 0 radical (unpaired) electrons. The van der Waals surface area contributed by atoms with Crippen molar-refractivity contribution in [3.05, 3.63) is 34.4 Å². The van der Waals surface area contributed by atoms with Crippen LogP contribution in [0.3, 0.4) is 0 Å². The monoisotopic (exact) mass is 361 g/mol. The lowest BCUT2D eigenvalue weighted by Gasteiger charge is -2.33. The van der Waals surface area contributed by atoms with Gasteiger partial charge >= 0.3 is 0 Å². The second kappa shape index (κ2) is 8.24. The molecule has 26 heavy (non-hydrogen) atoms. The van der Waals surface area contributed by atoms with Gasteiger partial charge in [0.05, 0.1) is 18.0 Å². The van der Waals surface area contributed by atoms with E-state index in [1.807, 2.05) is 4.90 Å². The lowest BCUT2D eigenvalue weighted by molar-refractivity contribution is -0.384. The first kappa shape index (κ1) is 18.3. The van der Waals surface area contributed by atoms with Gasteiger partial charge in [0, 0.05) is 50.0 Å². The Morgan fingerprint density at radius 3 is 2.04 bits per heavy atom. The predicted molar refractivity (Wildman–Crippen MR) is 95.8 cm³/mol. The summed E-state index contributed by atoms with van der Waals surface area (Å²) in [6.07, 6.45) is 2.17. The number of rotatable bonds is 7. The van der Waals surface area contributed by atoms with Gasteiger partial charge in [-0.3, -0.25) is 29.5 Å². The number of nitrogens with one attached hydrogen (secondary N) is 2. The SMILES string of the molecule is O=C(CN1CCN(CC(=O)NC2CC2)CC1)Nc1ccc([N+](=O)[O-])cc1. The Kier molecular flexibility index (Phi) is 5.79. The van der Waals surface area contributed by atoms with Gasteiger partial charge in [0.1, 0.15) is 0 Å². The third kappa shape index (κ3) is 5.50. The van der Waals surface area contributed by atoms with E-state index in [4.69, 9.17) is 0 Å². The summed E-state index contributed by atoms with van der Waals surface area (Å²) in [5, 5.41) is 16.4. The average Bonchev–Trinajstić information content (AvgIpc) is 3.41. The number of nitrogens with zero attached hydrogens (tertiary/aromatic N) is 3. The van der Waals surface area contributed by atoms with Gasteiger partial charge in [0.15, 0.2) is 0 Å². The van der Waals surface area contributed by atoms with Crippen molar-refractivity contribution >= 4 is 23.2 Å². The quantitative estimate of drug-likeness (QED) is 0.539. The molecule has 1 saturated heterocycles. The molecule has 0 atom stereocenters. The van der Waals surface area contributed by atoms with Gasteiger partial charge in [0.25, 0.3) is 5.69 Å². The van der Waals surface area contributed by atoms with Gasteiger partial charge in [-0.15, -0.1) is 0 Å². The summed E-state index contributed by atoms with van der Waals surface area (Å²) in [6.45, 7) is 3.64. The topological polar surface area (TPSA) is 108 Å². The molecule has 1 aromatic rings. The van der Waals surface area contributed by atoms with E-state index in [2.05, 4.69) is 15.5 Å². The number of nitro groups is 1. The number of benzene rings is 1. The van der Waals surface area contributed by atoms with Crippen LogP contribution in [0.1, 0.15) is 12.8 Å². The number of non-ortho nitro benzene ring substituents is 1. The van der Waals surface area contributed by atoms with Crippen molar-refractivity contribution in [2.75, 3.05) is 44.6 Å². The number of nitro benzene ring substituents is 1. The molecule has 1 aliphatic heterocycles. The summed E-state index contributed by atoms with van der Waals surface area (Å²) < 4.78 is 0. The molecule has 1 aliphatic carbocycles. The van der Waals surface area contributed by atoms with Crippen LogP contribution >= 0.6 is 0 Å². The summed E-state index contributed by atoms with van der Waals surface area (Å²) in [4.78, 5) is 38.2. The molecule has 9 heteroatoms. The maximum atomic E-state index is 12.1. The molecule has 0 bridgehead atoms. The van der Waals surface area contributed by atoms with Crippen LogP contribution in [-0.4, -0.2) is 71.8 Å². The van der Waals surface area contributed by atoms with Crippen molar-refractivity contribution in [1.82, 2.24) is 15.1 Å². The summed E-state index contributed by atoms with van der Waals surface area (Å²) in [7, 11) is 0. The van der Waals surface area contributed by atoms with Gasteiger partial charge in [-0.25, -0.2) is 0 Å². The zero-order chi connectivity index (χ0) is 18.5. The molecule has 2 N–H and O–H groups in total. The molecule has 0 spiro atoms. The predicted octanol–water partition coefficient (Wildman–Crippen LogP) is 0.430. The van der Waals surface area contributed by atoms with Crippen molar-refractivity contribution in [1.29, 1.82) is 0 Å². The highest BCUT2D eigenvalue weighted by molar-refractivity contribution is 5.92. The summed E-state index contributed by atoms with van der Waals surface area (Å²) in [5.41, 5.74) is 0.529. The van der Waals surface area contributed by atoms with Crippen LogP contribution in [0.5, 0.6) is 0 Å². The largest absolute Gasteiger partial charge is 0.352 e. The molecule has 9 nitrogen and oxygen atoms in total. The van der Waals surface area contributed by atoms with E-state index in [0.29, 0.717) is 18.3 Å². The molecule has 2 amide bonds. The van der Waals surface area contributed by atoms with Crippen LogP contribution in [-0.2, 0) is 9.59 Å². The Morgan fingerprint density at radius 1 is 1.00 bits per heavy atom. The highest BCUT2D eigenvalue weighted by Gasteiger charge is 2.25. The molecule has 2 fully saturated rings. The number of amides is 2. The number of piperazine rings is 1. The van der Waals surface area contributed by atoms with Crippen molar-refractivity contribution in [3.63, 3.8) is 0 Å². The molecule has 3 rings (SSSR count). The van der Waals surface area contributed by atoms with Crippen molar-refractivity contribution < 1.29 is 14.5 Å². The van der Waals surface area contributed by atoms with E-state index in [0.717, 1.165) is 39.0 Å². The Bertz CT molecular complexity index is 666. The van der Waals surface area contributed by atoms with Crippen LogP contribution in [0.4, 0.5) is 11.4 Å². The van der Waals surface area contributed by atoms with E-state index in [-0.39, 0.29) is 24.0 Å². The van der Waals surface area contributed by atoms with E-state index in [9.17, 15) is 19.7 Å². The Balaban J connectivity index is 1.37. The zero-order valence-corrected chi connectivity index (χ0v) is 14.5. The maximum Gasteiger partial charge on any atom is 0.269 e. The second-order valence-electron chi connectivity index (χ2n) is 6.75. The minimum Gasteiger partial charge on any atom is -0.352 e. The first-order chi connectivity index (χ1) is 12.5. The fourth-order valence-corrected chi connectivity index (χ4v) is 2.88. The highest BCUT2D eigenvalue weighted by Crippen LogP contribution is 2.18. The number of hydrogen-bond donors (Lipinski definition) is 2. The molecule has 1 saturated carbocycles. The van der Waals surface area contributed by atoms with Gasteiger partial charge in [-0.1, -0.05) is 0 Å². The molecule has 2 aliphatic rings. The summed E-state index contributed by atoms with van der Waals surface area (Å²) >= 11 is 0. The van der Waals surface area contributed by atoms with Crippen molar-refractivity contribution in [2.24, 2.45) is 0 Å². The smallest absolute Gasteiger partial charge is 0.269 e. The first-order valence-corrected chi connectivity index (χ1v) is 8.78. The van der Waals surface area contributed by atoms with E-state index < -0.39 is 4.92 Å². The zero-order valence-electron chi connectivity index (χ0n) is 14.5. The lowest BCUT2D eigenvalue weighted by Crippen LogP contribution is -2.51. The molecule has 0 aromatic heterocycles. The van der Waals surface area contributed by atoms with Crippen molar-refractivity contribution in [3.8, 4) is 0 Å². The normalized spacial score (nSPS) is 18.3. The lowest BCUT2D eigenvalue weighted by atomic mass is 10.2. The Morgan fingerprint density at radius 2 is 1.54 bits per heavy atom. The first-order valence-electron chi connectivity index (χ1n) is 8.78. The molecule has 0 unspecified atom stereocenters. The van der Waals surface area contributed by atoms with Crippen LogP contribution in [0.2, 0.25) is 0 Å². The van der Waals surface area contributed by atoms with E-state index in [1.165, 1.54) is 24.3 Å². The highest BCUT2D eigenvalue weighted by atomic mass is 16.6. The molecular weight excluding hydrogens is 338 g/mol. The number of hydrogen-bond acceptors (Lipinski definition) is 6. The summed E-state index contributed by atoms with van der Waals surface area (Å²) in [5.74, 6) is -0.0735. The van der Waals surface area contributed by atoms with Crippen LogP contribution in [0.25, 0.3) is 0 Å². The standard InChI is InChI=1S/C17H23N5O4/c23-16(18-13-1-2-13)11-20-7-9-21(10-8-20)12-17(24)19-14-3-5-15(6-4-14)22(25)26/h3-6,13H,1-2,7-12H2,(H,18,23)(H,19,24). The second-order valence-corrected chi connectivity index (χ2v) is 6.75. The van der Waals surface area contributed by atoms with Crippen LogP contribution in [0, 0.1) is 10.1 Å². The minimum absolute atomic E-state index is 0.00940. The van der Waals surface area contributed by atoms with Gasteiger partial charge in [-0.2, -0.15) is 0 Å². The fraction of sp³-hybridized carbons (Fsp3) is 0.529. The maximum absolute atomic E-state index is 12.1.